The molecule has 0 amide bonds. The summed E-state index contributed by atoms with van der Waals surface area (Å²) in [6.45, 7) is 5.49. The maximum atomic E-state index is 8.43. The van der Waals surface area contributed by atoms with E-state index in [4.69, 9.17) is 5.11 Å². The van der Waals surface area contributed by atoms with Crippen molar-refractivity contribution < 1.29 is 5.11 Å². The average molecular weight is 130 g/mol. The van der Waals surface area contributed by atoms with Crippen LogP contribution in [-0.4, -0.2) is 5.11 Å². The normalized spacial score (nSPS) is 11.4. The maximum Gasteiger partial charge on any atom is 0.0889 e. The molecule has 46 valence electrons. The fourth-order valence-corrected chi connectivity index (χ4v) is 0.754. The summed E-state index contributed by atoms with van der Waals surface area (Å²) in [6, 6.07) is 0. The van der Waals surface area contributed by atoms with Crippen LogP contribution in [0.15, 0.2) is 23.2 Å². The van der Waals surface area contributed by atoms with E-state index in [0.717, 1.165) is 17.6 Å². The lowest BCUT2D eigenvalue weighted by Gasteiger charge is -1.92. The Morgan fingerprint density at radius 3 is 2.62 bits per heavy atom. The smallest absolute Gasteiger partial charge is 0.0889 e. The van der Waals surface area contributed by atoms with Gasteiger partial charge in [-0.25, -0.2) is 0 Å². The third-order valence-electron chi connectivity index (χ3n) is 0.727. The van der Waals surface area contributed by atoms with Crippen molar-refractivity contribution in [1.82, 2.24) is 0 Å². The van der Waals surface area contributed by atoms with Gasteiger partial charge in [-0.05, 0) is 11.8 Å². The van der Waals surface area contributed by atoms with Crippen LogP contribution >= 0.6 is 11.8 Å². The van der Waals surface area contributed by atoms with Gasteiger partial charge in [0.2, 0.25) is 0 Å². The highest BCUT2D eigenvalue weighted by atomic mass is 32.2. The molecule has 0 saturated carbocycles. The van der Waals surface area contributed by atoms with Gasteiger partial charge in [0.05, 0.1) is 6.26 Å². The van der Waals surface area contributed by atoms with E-state index in [1.807, 2.05) is 6.92 Å². The SMILES string of the molecule is C=CSC(=CO)CC. The summed E-state index contributed by atoms with van der Waals surface area (Å²) < 4.78 is 0. The zero-order chi connectivity index (χ0) is 6.41. The molecule has 0 aromatic carbocycles. The third kappa shape index (κ3) is 2.75. The topological polar surface area (TPSA) is 20.2 Å². The van der Waals surface area contributed by atoms with Crippen molar-refractivity contribution in [1.29, 1.82) is 0 Å². The Kier molecular flexibility index (Phi) is 4.56. The summed E-state index contributed by atoms with van der Waals surface area (Å²) in [5, 5.41) is 10.1. The summed E-state index contributed by atoms with van der Waals surface area (Å²) in [6.07, 6.45) is 1.99. The van der Waals surface area contributed by atoms with E-state index in [0.29, 0.717) is 0 Å². The first-order chi connectivity index (χ1) is 3.85. The lowest BCUT2D eigenvalue weighted by molar-refractivity contribution is 0.469. The molecule has 8 heavy (non-hydrogen) atoms. The van der Waals surface area contributed by atoms with Crippen molar-refractivity contribution in [2.24, 2.45) is 0 Å². The van der Waals surface area contributed by atoms with Crippen LogP contribution in [0.5, 0.6) is 0 Å². The lowest BCUT2D eigenvalue weighted by Crippen LogP contribution is -1.68. The molecule has 0 aliphatic carbocycles. The molecule has 0 aromatic rings. The Hall–Kier alpha value is -0.370. The van der Waals surface area contributed by atoms with Crippen molar-refractivity contribution in [2.45, 2.75) is 13.3 Å². The van der Waals surface area contributed by atoms with Gasteiger partial charge in [-0.3, -0.25) is 0 Å². The summed E-state index contributed by atoms with van der Waals surface area (Å²) in [5.41, 5.74) is 0. The van der Waals surface area contributed by atoms with Gasteiger partial charge in [-0.1, -0.05) is 25.3 Å². The standard InChI is InChI=1S/C6H10OS/c1-3-6(5-7)8-4-2/h4-5,7H,2-3H2,1H3. The first-order valence-electron chi connectivity index (χ1n) is 2.46. The highest BCUT2D eigenvalue weighted by Crippen LogP contribution is 2.17. The van der Waals surface area contributed by atoms with Crippen LogP contribution < -0.4 is 0 Å². The van der Waals surface area contributed by atoms with Gasteiger partial charge < -0.3 is 5.11 Å². The molecule has 1 N–H and O–H groups in total. The Bertz CT molecular complexity index is 96.7. The van der Waals surface area contributed by atoms with Crippen molar-refractivity contribution in [3.8, 4) is 0 Å². The van der Waals surface area contributed by atoms with E-state index in [-0.39, 0.29) is 0 Å². The Balaban J connectivity index is 3.53. The van der Waals surface area contributed by atoms with Crippen LogP contribution in [0.25, 0.3) is 0 Å². The predicted molar refractivity (Wildman–Crippen MR) is 38.8 cm³/mol. The molecule has 0 saturated heterocycles. The summed E-state index contributed by atoms with van der Waals surface area (Å²) >= 11 is 1.45. The number of thioether (sulfide) groups is 1. The van der Waals surface area contributed by atoms with Crippen molar-refractivity contribution in [3.05, 3.63) is 23.2 Å². The zero-order valence-corrected chi connectivity index (χ0v) is 5.74. The minimum Gasteiger partial charge on any atom is -0.515 e. The van der Waals surface area contributed by atoms with Crippen molar-refractivity contribution in [3.63, 3.8) is 0 Å². The van der Waals surface area contributed by atoms with Crippen LogP contribution in [0.4, 0.5) is 0 Å². The number of aliphatic hydroxyl groups excluding tert-OH is 1. The first-order valence-corrected chi connectivity index (χ1v) is 3.34. The van der Waals surface area contributed by atoms with Gasteiger partial charge in [0.25, 0.3) is 0 Å². The molecule has 0 atom stereocenters. The van der Waals surface area contributed by atoms with Gasteiger partial charge in [-0.2, -0.15) is 0 Å². The van der Waals surface area contributed by atoms with Crippen LogP contribution in [-0.2, 0) is 0 Å². The highest BCUT2D eigenvalue weighted by molar-refractivity contribution is 8.05. The van der Waals surface area contributed by atoms with E-state index in [9.17, 15) is 0 Å². The molecule has 0 rings (SSSR count). The van der Waals surface area contributed by atoms with Crippen molar-refractivity contribution in [2.75, 3.05) is 0 Å². The molecule has 0 bridgehead atoms. The van der Waals surface area contributed by atoms with Crippen molar-refractivity contribution >= 4 is 11.8 Å². The van der Waals surface area contributed by atoms with E-state index < -0.39 is 0 Å². The zero-order valence-electron chi connectivity index (χ0n) is 4.92. The van der Waals surface area contributed by atoms with Gasteiger partial charge in [-0.15, -0.1) is 0 Å². The number of hydrogen-bond donors (Lipinski definition) is 1. The van der Waals surface area contributed by atoms with Crippen LogP contribution in [0.3, 0.4) is 0 Å². The van der Waals surface area contributed by atoms with E-state index in [1.165, 1.54) is 11.8 Å². The van der Waals surface area contributed by atoms with E-state index in [2.05, 4.69) is 6.58 Å². The largest absolute Gasteiger partial charge is 0.515 e. The first kappa shape index (κ1) is 7.63. The van der Waals surface area contributed by atoms with Gasteiger partial charge in [0.1, 0.15) is 0 Å². The van der Waals surface area contributed by atoms with E-state index >= 15 is 0 Å². The molecule has 0 spiro atoms. The molecule has 0 aliphatic rings. The molecule has 0 aliphatic heterocycles. The highest BCUT2D eigenvalue weighted by Gasteiger charge is 1.87. The molecule has 1 nitrogen and oxygen atoms in total. The molecule has 2 heteroatoms. The van der Waals surface area contributed by atoms with Crippen LogP contribution in [0.1, 0.15) is 13.3 Å². The quantitative estimate of drug-likeness (QED) is 0.593. The third-order valence-corrected chi connectivity index (χ3v) is 1.59. The maximum absolute atomic E-state index is 8.43. The summed E-state index contributed by atoms with van der Waals surface area (Å²) in [5.74, 6) is 0. The molecule has 0 fully saturated rings. The second-order valence-corrected chi connectivity index (χ2v) is 2.33. The summed E-state index contributed by atoms with van der Waals surface area (Å²) in [7, 11) is 0. The number of allylic oxidation sites excluding steroid dienone is 1. The molecular weight excluding hydrogens is 120 g/mol. The molecule has 0 heterocycles. The van der Waals surface area contributed by atoms with Gasteiger partial charge in [0, 0.05) is 4.91 Å². The predicted octanol–water partition coefficient (Wildman–Crippen LogP) is 2.67. The Morgan fingerprint density at radius 2 is 2.50 bits per heavy atom. The second kappa shape index (κ2) is 4.78. The monoisotopic (exact) mass is 130 g/mol. The Labute approximate surface area is 54.1 Å². The van der Waals surface area contributed by atoms with E-state index in [1.54, 1.807) is 5.41 Å². The number of rotatable bonds is 3. The minimum absolute atomic E-state index is 0.868. The number of hydrogen-bond acceptors (Lipinski definition) is 2. The Morgan fingerprint density at radius 1 is 1.88 bits per heavy atom. The summed E-state index contributed by atoms with van der Waals surface area (Å²) in [4.78, 5) is 0.944. The average Bonchev–Trinajstić information content (AvgIpc) is 1.83. The van der Waals surface area contributed by atoms with Gasteiger partial charge in [0.15, 0.2) is 0 Å². The number of aliphatic hydroxyl groups is 1. The molecular formula is C6H10OS. The fraction of sp³-hybridized carbons (Fsp3) is 0.333. The molecule has 0 unspecified atom stereocenters. The second-order valence-electron chi connectivity index (χ2n) is 1.23. The van der Waals surface area contributed by atoms with Gasteiger partial charge >= 0.3 is 0 Å². The van der Waals surface area contributed by atoms with Crippen LogP contribution in [0.2, 0.25) is 0 Å². The minimum atomic E-state index is 0.868. The molecule has 0 radical (unpaired) electrons. The lowest BCUT2D eigenvalue weighted by atomic mass is 10.5. The molecule has 0 aromatic heterocycles. The fourth-order valence-electron chi connectivity index (χ4n) is 0.312. The van der Waals surface area contributed by atoms with Crippen LogP contribution in [0, 0.1) is 0 Å².